The van der Waals surface area contributed by atoms with Crippen molar-refractivity contribution in [2.45, 2.75) is 173 Å². The Balaban J connectivity index is 1.57. The summed E-state index contributed by atoms with van der Waals surface area (Å²) in [5.74, 6) is -1.32. The molecule has 0 radical (unpaired) electrons. The van der Waals surface area contributed by atoms with E-state index in [4.69, 9.17) is 19.9 Å². The van der Waals surface area contributed by atoms with Crippen molar-refractivity contribution < 1.29 is 33.2 Å². The summed E-state index contributed by atoms with van der Waals surface area (Å²) in [5, 5.41) is 2.85. The van der Waals surface area contributed by atoms with Gasteiger partial charge in [0.25, 0.3) is 5.54 Å². The van der Waals surface area contributed by atoms with E-state index in [-0.39, 0.29) is 13.2 Å². The van der Waals surface area contributed by atoms with E-state index in [0.717, 1.165) is 12.8 Å². The van der Waals surface area contributed by atoms with Crippen LogP contribution in [0.15, 0.2) is 24.4 Å². The Morgan fingerprint density at radius 2 is 1.30 bits per heavy atom. The van der Waals surface area contributed by atoms with Crippen LogP contribution in [0.4, 0.5) is 4.79 Å². The Morgan fingerprint density at radius 3 is 1.79 bits per heavy atom. The first-order valence-electron chi connectivity index (χ1n) is 18.6. The molecule has 1 aliphatic heterocycles. The lowest BCUT2D eigenvalue weighted by atomic mass is 9.90. The summed E-state index contributed by atoms with van der Waals surface area (Å²) in [5.41, 5.74) is 3.35. The standard InChI is InChI=1S/C38H65N3O6/c1-6-8-9-10-11-12-13-14-15-16-17-18-19-20-21-23-28-40-35(44)46-31-37(5)27-26-36(4,47-37)30-45-34(43)38(39,32(3)42)33-25-22-24-29-41(33)7-2/h22,24-25,29H,6-21,23,26-28,30-31,39H2,1-5H3/p+1. The van der Waals surface area contributed by atoms with Gasteiger partial charge in [0.05, 0.1) is 0 Å². The van der Waals surface area contributed by atoms with Crippen molar-refractivity contribution >= 4 is 17.8 Å². The molecule has 1 aromatic heterocycles. The van der Waals surface area contributed by atoms with Crippen molar-refractivity contribution in [3.05, 3.63) is 30.1 Å². The van der Waals surface area contributed by atoms with Crippen LogP contribution in [0.25, 0.3) is 0 Å². The summed E-state index contributed by atoms with van der Waals surface area (Å²) < 4.78 is 19.2. The van der Waals surface area contributed by atoms with Gasteiger partial charge in [-0.3, -0.25) is 4.79 Å². The summed E-state index contributed by atoms with van der Waals surface area (Å²) in [4.78, 5) is 38.2. The number of pyridine rings is 1. The van der Waals surface area contributed by atoms with E-state index in [1.807, 2.05) is 26.8 Å². The molecule has 2 rings (SSSR count). The monoisotopic (exact) mass is 660 g/mol. The van der Waals surface area contributed by atoms with Gasteiger partial charge in [0.1, 0.15) is 31.0 Å². The number of aromatic nitrogens is 1. The molecule has 0 spiro atoms. The molecule has 47 heavy (non-hydrogen) atoms. The highest BCUT2D eigenvalue weighted by Gasteiger charge is 2.51. The third-order valence-corrected chi connectivity index (χ3v) is 9.55. The number of hydrogen-bond donors (Lipinski definition) is 2. The van der Waals surface area contributed by atoms with Gasteiger partial charge < -0.3 is 25.3 Å². The Morgan fingerprint density at radius 1 is 0.809 bits per heavy atom. The maximum absolute atomic E-state index is 13.2. The lowest BCUT2D eigenvalue weighted by molar-refractivity contribution is -0.702. The molecule has 0 aromatic carbocycles. The van der Waals surface area contributed by atoms with Crippen molar-refractivity contribution in [1.82, 2.24) is 5.32 Å². The zero-order valence-corrected chi connectivity index (χ0v) is 30.3. The number of nitrogens with zero attached hydrogens (tertiary/aromatic N) is 1. The number of esters is 1. The van der Waals surface area contributed by atoms with Crippen LogP contribution in [0.5, 0.6) is 0 Å². The van der Waals surface area contributed by atoms with Crippen LogP contribution in [0.1, 0.15) is 156 Å². The maximum atomic E-state index is 13.2. The lowest BCUT2D eigenvalue weighted by Crippen LogP contribution is -2.59. The van der Waals surface area contributed by atoms with Crippen LogP contribution in [0.2, 0.25) is 0 Å². The van der Waals surface area contributed by atoms with Gasteiger partial charge in [-0.1, -0.05) is 109 Å². The molecule has 1 amide bonds. The van der Waals surface area contributed by atoms with E-state index in [1.165, 1.54) is 96.8 Å². The predicted octanol–water partition coefficient (Wildman–Crippen LogP) is 7.60. The van der Waals surface area contributed by atoms with Crippen LogP contribution in [0, 0.1) is 0 Å². The fourth-order valence-electron chi connectivity index (χ4n) is 6.43. The second-order valence-electron chi connectivity index (χ2n) is 14.1. The van der Waals surface area contributed by atoms with E-state index in [1.54, 1.807) is 22.9 Å². The van der Waals surface area contributed by atoms with E-state index >= 15 is 0 Å². The van der Waals surface area contributed by atoms with E-state index in [2.05, 4.69) is 12.2 Å². The molecule has 0 bridgehead atoms. The Bertz CT molecular complexity index is 1080. The number of rotatable bonds is 25. The number of carbonyl (C=O) groups is 3. The first kappa shape index (κ1) is 40.7. The molecule has 2 heterocycles. The van der Waals surface area contributed by atoms with Gasteiger partial charge in [-0.25, -0.2) is 14.2 Å². The van der Waals surface area contributed by atoms with Gasteiger partial charge in [0.15, 0.2) is 12.0 Å². The Kier molecular flexibility index (Phi) is 18.6. The topological polar surface area (TPSA) is 121 Å². The minimum atomic E-state index is -1.93. The summed E-state index contributed by atoms with van der Waals surface area (Å²) >= 11 is 0. The number of nitrogens with one attached hydrogen (secondary N) is 1. The Hall–Kier alpha value is -2.52. The molecule has 0 saturated carbocycles. The smallest absolute Gasteiger partial charge is 0.407 e. The van der Waals surface area contributed by atoms with Crippen LogP contribution < -0.4 is 15.6 Å². The van der Waals surface area contributed by atoms with Gasteiger partial charge in [0, 0.05) is 18.7 Å². The summed E-state index contributed by atoms with van der Waals surface area (Å²) in [6.45, 7) is 10.4. The van der Waals surface area contributed by atoms with Gasteiger partial charge >= 0.3 is 12.1 Å². The molecule has 1 aliphatic rings. The highest BCUT2D eigenvalue weighted by atomic mass is 16.6. The quantitative estimate of drug-likeness (QED) is 0.0480. The minimum Gasteiger partial charge on any atom is -0.460 e. The molecule has 9 nitrogen and oxygen atoms in total. The number of aryl methyl sites for hydroxylation is 1. The van der Waals surface area contributed by atoms with Gasteiger partial charge in [0.2, 0.25) is 5.69 Å². The van der Waals surface area contributed by atoms with E-state index in [0.29, 0.717) is 31.6 Å². The van der Waals surface area contributed by atoms with Crippen LogP contribution in [0.3, 0.4) is 0 Å². The van der Waals surface area contributed by atoms with E-state index < -0.39 is 34.6 Å². The normalized spacial score (nSPS) is 20.5. The van der Waals surface area contributed by atoms with Crippen LogP contribution in [-0.2, 0) is 35.9 Å². The minimum absolute atomic E-state index is 0.0714. The molecule has 1 aromatic rings. The number of unbranched alkanes of at least 4 members (excludes halogenated alkanes) is 15. The van der Waals surface area contributed by atoms with Gasteiger partial charge in [-0.2, -0.15) is 0 Å². The predicted molar refractivity (Wildman–Crippen MR) is 186 cm³/mol. The van der Waals surface area contributed by atoms with Crippen LogP contribution in [-0.4, -0.2) is 48.8 Å². The van der Waals surface area contributed by atoms with Crippen molar-refractivity contribution in [1.29, 1.82) is 0 Å². The van der Waals surface area contributed by atoms with Crippen molar-refractivity contribution in [3.8, 4) is 0 Å². The molecular formula is C38H66N3O6+. The number of ketones is 1. The molecule has 9 heteroatoms. The average Bonchev–Trinajstić information content (AvgIpc) is 3.38. The second-order valence-corrected chi connectivity index (χ2v) is 14.1. The first-order valence-corrected chi connectivity index (χ1v) is 18.6. The maximum Gasteiger partial charge on any atom is 0.407 e. The molecule has 0 aliphatic carbocycles. The number of nitrogens with two attached hydrogens (primary N) is 1. The highest BCUT2D eigenvalue weighted by Crippen LogP contribution is 2.38. The number of amides is 1. The second kappa shape index (κ2) is 21.5. The van der Waals surface area contributed by atoms with Crippen molar-refractivity contribution in [3.63, 3.8) is 0 Å². The fraction of sp³-hybridized carbons (Fsp3) is 0.789. The molecule has 3 N–H and O–H groups in total. The van der Waals surface area contributed by atoms with Crippen LogP contribution >= 0.6 is 0 Å². The SMILES string of the molecule is CCCCCCCCCCCCCCCCCCNC(=O)OCC1(C)CCC(C)(COC(=O)C(N)(C(C)=O)c2cccc[n+]2CC)O1. The highest BCUT2D eigenvalue weighted by molar-refractivity contribution is 6.07. The summed E-state index contributed by atoms with van der Waals surface area (Å²) in [6, 6.07) is 5.22. The van der Waals surface area contributed by atoms with Gasteiger partial charge in [-0.05, 0) is 47.0 Å². The molecular weight excluding hydrogens is 594 g/mol. The first-order chi connectivity index (χ1) is 22.5. The molecule has 1 saturated heterocycles. The third-order valence-electron chi connectivity index (χ3n) is 9.55. The summed E-state index contributed by atoms with van der Waals surface area (Å²) in [6.07, 6.45) is 23.6. The lowest BCUT2D eigenvalue weighted by Gasteiger charge is -2.31. The molecule has 3 atom stereocenters. The number of Topliss-reactive ketones (excluding diaryl/α,β-unsaturated/α-hetero) is 1. The number of hydrogen-bond acceptors (Lipinski definition) is 7. The zero-order valence-electron chi connectivity index (χ0n) is 30.3. The molecule has 3 unspecified atom stereocenters. The number of carbonyl (C=O) groups excluding carboxylic acids is 3. The number of ether oxygens (including phenoxy) is 3. The number of alkyl carbamates (subject to hydrolysis) is 1. The van der Waals surface area contributed by atoms with Crippen molar-refractivity contribution in [2.24, 2.45) is 5.73 Å². The average molecular weight is 661 g/mol. The Labute approximate surface area is 285 Å². The van der Waals surface area contributed by atoms with Gasteiger partial charge in [-0.15, -0.1) is 0 Å². The largest absolute Gasteiger partial charge is 0.460 e. The molecule has 268 valence electrons. The molecule has 1 fully saturated rings. The zero-order chi connectivity index (χ0) is 34.6. The fourth-order valence-corrected chi connectivity index (χ4v) is 6.43. The third kappa shape index (κ3) is 14.2. The van der Waals surface area contributed by atoms with Crippen molar-refractivity contribution in [2.75, 3.05) is 19.8 Å². The summed E-state index contributed by atoms with van der Waals surface area (Å²) in [7, 11) is 0. The van der Waals surface area contributed by atoms with E-state index in [9.17, 15) is 14.4 Å².